The van der Waals surface area contributed by atoms with Gasteiger partial charge in [0.2, 0.25) is 5.88 Å². The van der Waals surface area contributed by atoms with Gasteiger partial charge in [-0.1, -0.05) is 18.2 Å². The molecule has 0 amide bonds. The number of nitrogens with zero attached hydrogens (tertiary/aromatic N) is 1. The number of amidine groups is 1. The van der Waals surface area contributed by atoms with Crippen molar-refractivity contribution in [2.45, 2.75) is 25.9 Å². The van der Waals surface area contributed by atoms with Crippen molar-refractivity contribution in [1.82, 2.24) is 4.98 Å². The molecule has 1 aromatic heterocycles. The lowest BCUT2D eigenvalue weighted by atomic mass is 10.1. The van der Waals surface area contributed by atoms with Crippen LogP contribution in [0.5, 0.6) is 11.6 Å². The molecule has 0 saturated heterocycles. The zero-order valence-electron chi connectivity index (χ0n) is 11.6. The first-order chi connectivity index (χ1) is 10.2. The number of benzene rings is 1. The fraction of sp³-hybridized carbons (Fsp3) is 0.250. The van der Waals surface area contributed by atoms with Gasteiger partial charge in [0.05, 0.1) is 12.2 Å². The van der Waals surface area contributed by atoms with Crippen LogP contribution in [0.15, 0.2) is 30.3 Å². The van der Waals surface area contributed by atoms with Crippen LogP contribution in [-0.4, -0.2) is 15.9 Å². The highest BCUT2D eigenvalue weighted by atomic mass is 16.5. The number of rotatable bonds is 4. The lowest BCUT2D eigenvalue weighted by Crippen LogP contribution is -2.14. The molecule has 2 aromatic rings. The van der Waals surface area contributed by atoms with Crippen LogP contribution in [0, 0.1) is 5.41 Å². The van der Waals surface area contributed by atoms with Crippen LogP contribution < -0.4 is 10.5 Å². The molecule has 108 valence electrons. The highest BCUT2D eigenvalue weighted by Gasteiger charge is 2.19. The van der Waals surface area contributed by atoms with E-state index in [2.05, 4.69) is 4.98 Å². The molecule has 5 nitrogen and oxygen atoms in total. The second-order valence-electron chi connectivity index (χ2n) is 5.08. The van der Waals surface area contributed by atoms with Gasteiger partial charge in [-0.05, 0) is 37.0 Å². The molecule has 5 heteroatoms. The third-order valence-electron chi connectivity index (χ3n) is 3.66. The quantitative estimate of drug-likeness (QED) is 0.592. The standard InChI is InChI=1S/C16H17N3O2/c17-15(18)12-8-10-5-3-6-13(10)19-16(12)21-14-7-2-1-4-11(14)9-20/h1-2,4,7-8,20H,3,5-6,9H2,(H3,17,18). The minimum atomic E-state index is -0.115. The smallest absolute Gasteiger partial charge is 0.230 e. The Kier molecular flexibility index (Phi) is 3.58. The van der Waals surface area contributed by atoms with Crippen LogP contribution in [0.25, 0.3) is 0 Å². The van der Waals surface area contributed by atoms with Gasteiger partial charge in [0, 0.05) is 11.3 Å². The number of ether oxygens (including phenoxy) is 1. The van der Waals surface area contributed by atoms with E-state index in [0.717, 1.165) is 30.5 Å². The number of para-hydroxylation sites is 1. The number of hydrogen-bond donors (Lipinski definition) is 3. The molecule has 0 bridgehead atoms. The molecule has 0 unspecified atom stereocenters. The summed E-state index contributed by atoms with van der Waals surface area (Å²) in [5, 5.41) is 17.1. The van der Waals surface area contributed by atoms with E-state index in [-0.39, 0.29) is 12.4 Å². The zero-order valence-corrected chi connectivity index (χ0v) is 11.6. The van der Waals surface area contributed by atoms with Crippen LogP contribution in [0.1, 0.15) is 28.8 Å². The topological polar surface area (TPSA) is 92.2 Å². The molecule has 21 heavy (non-hydrogen) atoms. The maximum atomic E-state index is 9.36. The third kappa shape index (κ3) is 2.60. The van der Waals surface area contributed by atoms with E-state index in [1.54, 1.807) is 12.1 Å². The van der Waals surface area contributed by atoms with Crippen LogP contribution in [-0.2, 0) is 19.4 Å². The monoisotopic (exact) mass is 283 g/mol. The molecule has 0 radical (unpaired) electrons. The van der Waals surface area contributed by atoms with Crippen molar-refractivity contribution in [1.29, 1.82) is 5.41 Å². The lowest BCUT2D eigenvalue weighted by Gasteiger charge is -2.13. The highest BCUT2D eigenvalue weighted by Crippen LogP contribution is 2.30. The molecule has 0 atom stereocenters. The molecular formula is C16H17N3O2. The van der Waals surface area contributed by atoms with E-state index < -0.39 is 0 Å². The van der Waals surface area contributed by atoms with Gasteiger partial charge in [-0.25, -0.2) is 4.98 Å². The third-order valence-corrected chi connectivity index (χ3v) is 3.66. The average molecular weight is 283 g/mol. The minimum absolute atomic E-state index is 0.0614. The molecule has 0 saturated carbocycles. The Labute approximate surface area is 122 Å². The van der Waals surface area contributed by atoms with E-state index in [0.29, 0.717) is 22.8 Å². The summed E-state index contributed by atoms with van der Waals surface area (Å²) in [5.41, 5.74) is 8.98. The summed E-state index contributed by atoms with van der Waals surface area (Å²) in [7, 11) is 0. The molecule has 0 fully saturated rings. The first kappa shape index (κ1) is 13.6. The molecular weight excluding hydrogens is 266 g/mol. The summed E-state index contributed by atoms with van der Waals surface area (Å²) >= 11 is 0. The van der Waals surface area contributed by atoms with Crippen molar-refractivity contribution in [2.24, 2.45) is 5.73 Å². The van der Waals surface area contributed by atoms with E-state index in [4.69, 9.17) is 15.9 Å². The van der Waals surface area contributed by atoms with Crippen molar-refractivity contribution < 1.29 is 9.84 Å². The molecule has 1 heterocycles. The Morgan fingerprint density at radius 2 is 2.14 bits per heavy atom. The summed E-state index contributed by atoms with van der Waals surface area (Å²) in [4.78, 5) is 4.52. The van der Waals surface area contributed by atoms with Gasteiger partial charge < -0.3 is 15.6 Å². The van der Waals surface area contributed by atoms with Gasteiger partial charge >= 0.3 is 0 Å². The number of aliphatic hydroxyl groups is 1. The molecule has 1 aromatic carbocycles. The fourth-order valence-corrected chi connectivity index (χ4v) is 2.56. The minimum Gasteiger partial charge on any atom is -0.438 e. The van der Waals surface area contributed by atoms with Gasteiger partial charge in [0.15, 0.2) is 0 Å². The summed E-state index contributed by atoms with van der Waals surface area (Å²) in [6.45, 7) is -0.115. The van der Waals surface area contributed by atoms with Gasteiger partial charge in [0.1, 0.15) is 11.6 Å². The second-order valence-corrected chi connectivity index (χ2v) is 5.08. The van der Waals surface area contributed by atoms with Gasteiger partial charge in [-0.2, -0.15) is 0 Å². The van der Waals surface area contributed by atoms with E-state index >= 15 is 0 Å². The number of aryl methyl sites for hydroxylation is 2. The predicted molar refractivity (Wildman–Crippen MR) is 79.7 cm³/mol. The Morgan fingerprint density at radius 1 is 1.33 bits per heavy atom. The lowest BCUT2D eigenvalue weighted by molar-refractivity contribution is 0.276. The number of aliphatic hydroxyl groups excluding tert-OH is 1. The highest BCUT2D eigenvalue weighted by molar-refractivity contribution is 5.97. The van der Waals surface area contributed by atoms with Crippen LogP contribution in [0.3, 0.4) is 0 Å². The van der Waals surface area contributed by atoms with E-state index in [1.807, 2.05) is 18.2 Å². The second kappa shape index (κ2) is 5.54. The first-order valence-corrected chi connectivity index (χ1v) is 6.93. The molecule has 3 rings (SSSR count). The summed E-state index contributed by atoms with van der Waals surface area (Å²) in [6, 6.07) is 9.12. The summed E-state index contributed by atoms with van der Waals surface area (Å²) < 4.78 is 5.83. The van der Waals surface area contributed by atoms with Gasteiger partial charge in [0.25, 0.3) is 0 Å². The average Bonchev–Trinajstić information content (AvgIpc) is 2.94. The molecule has 4 N–H and O–H groups in total. The van der Waals surface area contributed by atoms with Crippen LogP contribution >= 0.6 is 0 Å². The van der Waals surface area contributed by atoms with Gasteiger partial charge in [-0.15, -0.1) is 0 Å². The fourth-order valence-electron chi connectivity index (χ4n) is 2.56. The van der Waals surface area contributed by atoms with Crippen molar-refractivity contribution in [3.8, 4) is 11.6 Å². The largest absolute Gasteiger partial charge is 0.438 e. The van der Waals surface area contributed by atoms with E-state index in [9.17, 15) is 5.11 Å². The number of nitrogen functional groups attached to an aromatic ring is 1. The van der Waals surface area contributed by atoms with Crippen molar-refractivity contribution in [2.75, 3.05) is 0 Å². The first-order valence-electron chi connectivity index (χ1n) is 6.93. The maximum Gasteiger partial charge on any atom is 0.230 e. The molecule has 1 aliphatic rings. The van der Waals surface area contributed by atoms with E-state index in [1.165, 1.54) is 0 Å². The number of aromatic nitrogens is 1. The predicted octanol–water partition coefficient (Wildman–Crippen LogP) is 2.14. The normalized spacial score (nSPS) is 13.0. The number of hydrogen-bond acceptors (Lipinski definition) is 4. The Balaban J connectivity index is 2.03. The zero-order chi connectivity index (χ0) is 14.8. The molecule has 0 aliphatic heterocycles. The number of pyridine rings is 1. The molecule has 0 spiro atoms. The summed E-state index contributed by atoms with van der Waals surface area (Å²) in [6.07, 6.45) is 2.96. The Bertz CT molecular complexity index is 698. The number of nitrogens with two attached hydrogens (primary N) is 1. The summed E-state index contributed by atoms with van der Waals surface area (Å²) in [5.74, 6) is 0.811. The van der Waals surface area contributed by atoms with Crippen LogP contribution in [0.4, 0.5) is 0 Å². The number of fused-ring (bicyclic) bond motifs is 1. The van der Waals surface area contributed by atoms with Crippen LogP contribution in [0.2, 0.25) is 0 Å². The van der Waals surface area contributed by atoms with Gasteiger partial charge in [-0.3, -0.25) is 5.41 Å². The number of nitrogens with one attached hydrogen (secondary N) is 1. The van der Waals surface area contributed by atoms with Crippen molar-refractivity contribution in [3.05, 3.63) is 52.7 Å². The van der Waals surface area contributed by atoms with Crippen molar-refractivity contribution >= 4 is 5.84 Å². The SMILES string of the molecule is N=C(N)c1cc2c(nc1Oc1ccccc1CO)CCC2. The Hall–Kier alpha value is -2.40. The Morgan fingerprint density at radius 3 is 2.90 bits per heavy atom. The van der Waals surface area contributed by atoms with Crippen molar-refractivity contribution in [3.63, 3.8) is 0 Å². The molecule has 1 aliphatic carbocycles. The maximum absolute atomic E-state index is 9.36.